The van der Waals surface area contributed by atoms with Gasteiger partial charge in [0.15, 0.2) is 5.60 Å². The van der Waals surface area contributed by atoms with Crippen LogP contribution in [0.1, 0.15) is 23.1 Å². The highest BCUT2D eigenvalue weighted by molar-refractivity contribution is 5.50. The third-order valence-corrected chi connectivity index (χ3v) is 4.32. The van der Waals surface area contributed by atoms with Crippen molar-refractivity contribution < 1.29 is 14.6 Å². The second kappa shape index (κ2) is 4.96. The summed E-state index contributed by atoms with van der Waals surface area (Å²) in [4.78, 5) is 0. The summed E-state index contributed by atoms with van der Waals surface area (Å²) >= 11 is 0. The van der Waals surface area contributed by atoms with E-state index < -0.39 is 11.4 Å². The molecular formula is C19H16O3. The summed E-state index contributed by atoms with van der Waals surface area (Å²) in [6.45, 7) is 0.978. The van der Waals surface area contributed by atoms with E-state index in [1.807, 2.05) is 54.6 Å². The molecule has 4 rings (SSSR count). The number of hydrogen-bond acceptors (Lipinski definition) is 3. The Morgan fingerprint density at radius 3 is 2.27 bits per heavy atom. The minimum Gasteiger partial charge on any atom is -0.378 e. The average molecular weight is 292 g/mol. The number of rotatable bonds is 1. The first kappa shape index (κ1) is 13.5. The van der Waals surface area contributed by atoms with E-state index in [0.717, 1.165) is 16.7 Å². The fourth-order valence-corrected chi connectivity index (χ4v) is 3.28. The Morgan fingerprint density at radius 1 is 0.909 bits per heavy atom. The molecule has 1 aliphatic carbocycles. The molecule has 0 unspecified atom stereocenters. The zero-order valence-corrected chi connectivity index (χ0v) is 12.1. The van der Waals surface area contributed by atoms with Crippen molar-refractivity contribution in [3.05, 3.63) is 71.3 Å². The topological polar surface area (TPSA) is 38.7 Å². The van der Waals surface area contributed by atoms with Crippen LogP contribution in [0.2, 0.25) is 0 Å². The molecule has 3 nitrogen and oxygen atoms in total. The van der Waals surface area contributed by atoms with Crippen LogP contribution in [0.25, 0.3) is 0 Å². The van der Waals surface area contributed by atoms with Gasteiger partial charge >= 0.3 is 0 Å². The summed E-state index contributed by atoms with van der Waals surface area (Å²) in [7, 11) is 0. The summed E-state index contributed by atoms with van der Waals surface area (Å²) in [5.74, 6) is 5.11. The first-order chi connectivity index (χ1) is 10.8. The Balaban J connectivity index is 1.67. The molecule has 2 aliphatic rings. The molecule has 110 valence electrons. The quantitative estimate of drug-likeness (QED) is 0.821. The molecule has 0 radical (unpaired) electrons. The first-order valence-electron chi connectivity index (χ1n) is 7.40. The van der Waals surface area contributed by atoms with Crippen molar-refractivity contribution in [1.82, 2.24) is 0 Å². The standard InChI is InChI=1S/C19H16O3/c20-18(12-6-9-15-7-2-1-3-8-15)16-10-4-5-11-17(16)19(18)21-13-14-22-19/h1-5,7-8,10-11,20H,12-14H2/t18-/m1/s1. The van der Waals surface area contributed by atoms with Gasteiger partial charge in [-0.15, -0.1) is 0 Å². The van der Waals surface area contributed by atoms with Crippen molar-refractivity contribution in [2.24, 2.45) is 0 Å². The average Bonchev–Trinajstić information content (AvgIpc) is 3.08. The van der Waals surface area contributed by atoms with Gasteiger partial charge in [0, 0.05) is 17.5 Å². The van der Waals surface area contributed by atoms with E-state index in [0.29, 0.717) is 13.2 Å². The van der Waals surface area contributed by atoms with Crippen molar-refractivity contribution in [1.29, 1.82) is 0 Å². The molecule has 2 aromatic carbocycles. The molecule has 1 atom stereocenters. The summed E-state index contributed by atoms with van der Waals surface area (Å²) < 4.78 is 11.6. The Labute approximate surface area is 129 Å². The summed E-state index contributed by atoms with van der Waals surface area (Å²) in [6, 6.07) is 17.4. The zero-order valence-electron chi connectivity index (χ0n) is 12.1. The normalized spacial score (nSPS) is 24.2. The Kier molecular flexibility index (Phi) is 3.05. The predicted octanol–water partition coefficient (Wildman–Crippen LogP) is 2.53. The van der Waals surface area contributed by atoms with Crippen molar-refractivity contribution in [3.8, 4) is 11.8 Å². The molecule has 0 aromatic heterocycles. The smallest absolute Gasteiger partial charge is 0.230 e. The fraction of sp³-hybridized carbons (Fsp3) is 0.263. The second-order valence-corrected chi connectivity index (χ2v) is 5.56. The molecule has 1 N–H and O–H groups in total. The lowest BCUT2D eigenvalue weighted by atomic mass is 9.66. The van der Waals surface area contributed by atoms with Crippen molar-refractivity contribution >= 4 is 0 Å². The van der Waals surface area contributed by atoms with Crippen LogP contribution in [0.4, 0.5) is 0 Å². The molecule has 1 aliphatic heterocycles. The maximum Gasteiger partial charge on any atom is 0.230 e. The van der Waals surface area contributed by atoms with E-state index in [4.69, 9.17) is 9.47 Å². The van der Waals surface area contributed by atoms with Gasteiger partial charge in [0.1, 0.15) is 0 Å². The van der Waals surface area contributed by atoms with E-state index in [2.05, 4.69) is 11.8 Å². The van der Waals surface area contributed by atoms with Crippen molar-refractivity contribution in [2.45, 2.75) is 17.8 Å². The molecule has 1 heterocycles. The Bertz CT molecular complexity index is 751. The number of hydrogen-bond donors (Lipinski definition) is 1. The molecule has 1 spiro atoms. The maximum atomic E-state index is 11.1. The second-order valence-electron chi connectivity index (χ2n) is 5.56. The zero-order chi connectivity index (χ0) is 15.0. The largest absolute Gasteiger partial charge is 0.378 e. The van der Waals surface area contributed by atoms with Gasteiger partial charge < -0.3 is 14.6 Å². The summed E-state index contributed by atoms with van der Waals surface area (Å²) in [5, 5.41) is 11.1. The van der Waals surface area contributed by atoms with Crippen LogP contribution < -0.4 is 0 Å². The number of aliphatic hydroxyl groups is 1. The minimum absolute atomic E-state index is 0.277. The maximum absolute atomic E-state index is 11.1. The third kappa shape index (κ3) is 1.75. The third-order valence-electron chi connectivity index (χ3n) is 4.32. The highest BCUT2D eigenvalue weighted by Crippen LogP contribution is 2.59. The molecule has 0 amide bonds. The highest BCUT2D eigenvalue weighted by Gasteiger charge is 2.66. The van der Waals surface area contributed by atoms with Gasteiger partial charge in [-0.25, -0.2) is 0 Å². The molecule has 0 saturated carbocycles. The molecule has 1 saturated heterocycles. The van der Waals surface area contributed by atoms with E-state index in [-0.39, 0.29) is 6.42 Å². The summed E-state index contributed by atoms with van der Waals surface area (Å²) in [5.41, 5.74) is 1.48. The van der Waals surface area contributed by atoms with Crippen LogP contribution in [0.15, 0.2) is 54.6 Å². The Hall–Kier alpha value is -2.12. The molecular weight excluding hydrogens is 276 g/mol. The lowest BCUT2D eigenvalue weighted by Gasteiger charge is -2.52. The first-order valence-corrected chi connectivity index (χ1v) is 7.40. The van der Waals surface area contributed by atoms with Gasteiger partial charge in [0.2, 0.25) is 5.79 Å². The van der Waals surface area contributed by atoms with Gasteiger partial charge in [0.05, 0.1) is 13.2 Å². The number of ether oxygens (including phenoxy) is 2. The number of fused-ring (bicyclic) bond motifs is 2. The fourth-order valence-electron chi connectivity index (χ4n) is 3.28. The SMILES string of the molecule is O[C@]1(CC#Cc2ccccc2)c2ccccc2C12OCCO2. The van der Waals surface area contributed by atoms with Crippen LogP contribution in [0.5, 0.6) is 0 Å². The molecule has 1 fully saturated rings. The van der Waals surface area contributed by atoms with Gasteiger partial charge in [-0.1, -0.05) is 54.3 Å². The van der Waals surface area contributed by atoms with Crippen LogP contribution in [-0.2, 0) is 20.9 Å². The lowest BCUT2D eigenvalue weighted by Crippen LogP contribution is -2.59. The Morgan fingerprint density at radius 2 is 1.55 bits per heavy atom. The van der Waals surface area contributed by atoms with Gasteiger partial charge in [-0.2, -0.15) is 0 Å². The van der Waals surface area contributed by atoms with Crippen molar-refractivity contribution in [3.63, 3.8) is 0 Å². The van der Waals surface area contributed by atoms with Gasteiger partial charge in [-0.3, -0.25) is 0 Å². The number of benzene rings is 2. The van der Waals surface area contributed by atoms with E-state index in [1.54, 1.807) is 0 Å². The predicted molar refractivity (Wildman–Crippen MR) is 81.9 cm³/mol. The van der Waals surface area contributed by atoms with Gasteiger partial charge in [0.25, 0.3) is 0 Å². The van der Waals surface area contributed by atoms with Gasteiger partial charge in [-0.05, 0) is 17.7 Å². The lowest BCUT2D eigenvalue weighted by molar-refractivity contribution is -0.309. The summed E-state index contributed by atoms with van der Waals surface area (Å²) in [6.07, 6.45) is 0.277. The molecule has 0 bridgehead atoms. The van der Waals surface area contributed by atoms with Crippen LogP contribution in [-0.4, -0.2) is 18.3 Å². The minimum atomic E-state index is -1.21. The van der Waals surface area contributed by atoms with Crippen LogP contribution in [0, 0.1) is 11.8 Å². The van der Waals surface area contributed by atoms with E-state index >= 15 is 0 Å². The highest BCUT2D eigenvalue weighted by atomic mass is 16.8. The van der Waals surface area contributed by atoms with Crippen LogP contribution in [0.3, 0.4) is 0 Å². The molecule has 3 heteroatoms. The van der Waals surface area contributed by atoms with E-state index in [1.165, 1.54) is 0 Å². The van der Waals surface area contributed by atoms with Crippen molar-refractivity contribution in [2.75, 3.05) is 13.2 Å². The molecule has 2 aromatic rings. The monoisotopic (exact) mass is 292 g/mol. The molecule has 22 heavy (non-hydrogen) atoms. The van der Waals surface area contributed by atoms with Crippen LogP contribution >= 0.6 is 0 Å². The van der Waals surface area contributed by atoms with E-state index in [9.17, 15) is 5.11 Å².